The minimum atomic E-state index is -0.909. The van der Waals surface area contributed by atoms with Crippen LogP contribution in [0.3, 0.4) is 0 Å². The van der Waals surface area contributed by atoms with Crippen molar-refractivity contribution < 1.29 is 13.6 Å². The van der Waals surface area contributed by atoms with Crippen LogP contribution in [0.15, 0.2) is 18.2 Å². The van der Waals surface area contributed by atoms with E-state index in [0.717, 1.165) is 12.1 Å². The average Bonchev–Trinajstić information content (AvgIpc) is 2.31. The summed E-state index contributed by atoms with van der Waals surface area (Å²) in [7, 11) is 1.61. The molecule has 0 bridgehead atoms. The quantitative estimate of drug-likeness (QED) is 0.926. The van der Waals surface area contributed by atoms with Crippen LogP contribution in [0.5, 0.6) is 0 Å². The smallest absolute Gasteiger partial charge is 0.226 e. The lowest BCUT2D eigenvalue weighted by Gasteiger charge is -2.23. The molecule has 0 aliphatic carbocycles. The van der Waals surface area contributed by atoms with Crippen LogP contribution in [0.4, 0.5) is 8.78 Å². The molecule has 0 saturated carbocycles. The Balaban J connectivity index is 0.00000324. The molecule has 0 saturated heterocycles. The van der Waals surface area contributed by atoms with E-state index in [9.17, 15) is 13.6 Å². The van der Waals surface area contributed by atoms with E-state index in [4.69, 9.17) is 5.73 Å². The van der Waals surface area contributed by atoms with Crippen LogP contribution in [-0.2, 0) is 11.3 Å². The summed E-state index contributed by atoms with van der Waals surface area (Å²) in [5, 5.41) is 0. The molecule has 2 atom stereocenters. The Morgan fingerprint density at radius 3 is 2.37 bits per heavy atom. The molecule has 0 fully saturated rings. The predicted molar refractivity (Wildman–Crippen MR) is 72.9 cm³/mol. The molecule has 0 aliphatic heterocycles. The SMILES string of the molecule is CC(N)C(C)C(=O)N(C)Cc1ccc(F)c(F)c1.Cl. The van der Waals surface area contributed by atoms with E-state index in [1.165, 1.54) is 11.0 Å². The first kappa shape index (κ1) is 17.8. The van der Waals surface area contributed by atoms with Gasteiger partial charge >= 0.3 is 0 Å². The van der Waals surface area contributed by atoms with Crippen LogP contribution in [0.2, 0.25) is 0 Å². The average molecular weight is 293 g/mol. The third-order valence-electron chi connectivity index (χ3n) is 2.96. The number of carbonyl (C=O) groups is 1. The lowest BCUT2D eigenvalue weighted by Crippen LogP contribution is -2.39. The van der Waals surface area contributed by atoms with E-state index in [2.05, 4.69) is 0 Å². The molecule has 0 aromatic heterocycles. The zero-order chi connectivity index (χ0) is 13.9. The monoisotopic (exact) mass is 292 g/mol. The van der Waals surface area contributed by atoms with Crippen molar-refractivity contribution in [2.24, 2.45) is 11.7 Å². The van der Waals surface area contributed by atoms with Gasteiger partial charge in [0, 0.05) is 19.6 Å². The van der Waals surface area contributed by atoms with Crippen molar-refractivity contribution in [3.8, 4) is 0 Å². The van der Waals surface area contributed by atoms with Gasteiger partial charge < -0.3 is 10.6 Å². The third kappa shape index (κ3) is 4.76. The van der Waals surface area contributed by atoms with E-state index in [1.807, 2.05) is 0 Å². The maximum Gasteiger partial charge on any atom is 0.226 e. The number of hydrogen-bond acceptors (Lipinski definition) is 2. The predicted octanol–water partition coefficient (Wildman–Crippen LogP) is 2.33. The lowest BCUT2D eigenvalue weighted by atomic mass is 10.0. The third-order valence-corrected chi connectivity index (χ3v) is 2.96. The first-order valence-corrected chi connectivity index (χ1v) is 5.77. The molecule has 0 spiro atoms. The second-order valence-corrected chi connectivity index (χ2v) is 4.59. The second-order valence-electron chi connectivity index (χ2n) is 4.59. The summed E-state index contributed by atoms with van der Waals surface area (Å²) >= 11 is 0. The van der Waals surface area contributed by atoms with Gasteiger partial charge in [-0.2, -0.15) is 0 Å². The highest BCUT2D eigenvalue weighted by Gasteiger charge is 2.21. The summed E-state index contributed by atoms with van der Waals surface area (Å²) in [5.74, 6) is -2.22. The first-order chi connectivity index (χ1) is 8.32. The summed E-state index contributed by atoms with van der Waals surface area (Å²) in [6, 6.07) is 3.36. The fourth-order valence-corrected chi connectivity index (χ4v) is 1.56. The number of carbonyl (C=O) groups excluding carboxylic acids is 1. The molecule has 3 nitrogen and oxygen atoms in total. The standard InChI is InChI=1S/C13H18F2N2O.ClH/c1-8(9(2)16)13(18)17(3)7-10-4-5-11(14)12(15)6-10;/h4-6,8-9H,7,16H2,1-3H3;1H. The molecular weight excluding hydrogens is 274 g/mol. The Kier molecular flexibility index (Phi) is 6.94. The number of rotatable bonds is 4. The molecule has 1 aromatic carbocycles. The molecule has 0 aliphatic rings. The largest absolute Gasteiger partial charge is 0.341 e. The Morgan fingerprint density at radius 1 is 1.32 bits per heavy atom. The fraction of sp³-hybridized carbons (Fsp3) is 0.462. The van der Waals surface area contributed by atoms with Crippen LogP contribution in [-0.4, -0.2) is 23.9 Å². The molecule has 0 heterocycles. The molecular formula is C13H19ClF2N2O. The minimum Gasteiger partial charge on any atom is -0.341 e. The van der Waals surface area contributed by atoms with Gasteiger partial charge in [0.2, 0.25) is 5.91 Å². The van der Waals surface area contributed by atoms with Gasteiger partial charge in [-0.1, -0.05) is 13.0 Å². The van der Waals surface area contributed by atoms with Crippen molar-refractivity contribution in [2.45, 2.75) is 26.4 Å². The van der Waals surface area contributed by atoms with Gasteiger partial charge in [0.05, 0.1) is 5.92 Å². The van der Waals surface area contributed by atoms with Gasteiger partial charge in [-0.25, -0.2) is 8.78 Å². The highest BCUT2D eigenvalue weighted by Crippen LogP contribution is 2.12. The van der Waals surface area contributed by atoms with Crippen molar-refractivity contribution in [3.05, 3.63) is 35.4 Å². The molecule has 6 heteroatoms. The number of benzene rings is 1. The summed E-state index contributed by atoms with van der Waals surface area (Å²) in [4.78, 5) is 13.4. The molecule has 2 unspecified atom stereocenters. The van der Waals surface area contributed by atoms with E-state index in [0.29, 0.717) is 5.56 Å². The van der Waals surface area contributed by atoms with Gasteiger partial charge in [-0.05, 0) is 24.6 Å². The number of hydrogen-bond donors (Lipinski definition) is 1. The van der Waals surface area contributed by atoms with Crippen molar-refractivity contribution in [3.63, 3.8) is 0 Å². The zero-order valence-electron chi connectivity index (χ0n) is 11.2. The Labute approximate surface area is 118 Å². The number of halogens is 3. The molecule has 108 valence electrons. The molecule has 0 radical (unpaired) electrons. The van der Waals surface area contributed by atoms with Crippen LogP contribution < -0.4 is 5.73 Å². The summed E-state index contributed by atoms with van der Waals surface area (Å²) in [6.07, 6.45) is 0. The summed E-state index contributed by atoms with van der Waals surface area (Å²) in [5.41, 5.74) is 6.20. The number of amides is 1. The highest BCUT2D eigenvalue weighted by atomic mass is 35.5. The maximum atomic E-state index is 13.0. The van der Waals surface area contributed by atoms with Gasteiger partial charge in [0.25, 0.3) is 0 Å². The van der Waals surface area contributed by atoms with Crippen molar-refractivity contribution >= 4 is 18.3 Å². The van der Waals surface area contributed by atoms with Crippen LogP contribution in [0.1, 0.15) is 19.4 Å². The molecule has 1 amide bonds. The number of nitrogens with zero attached hydrogens (tertiary/aromatic N) is 1. The van der Waals surface area contributed by atoms with Gasteiger partial charge in [0.1, 0.15) is 0 Å². The van der Waals surface area contributed by atoms with Crippen LogP contribution in [0.25, 0.3) is 0 Å². The molecule has 2 N–H and O–H groups in total. The molecule has 1 rings (SSSR count). The maximum absolute atomic E-state index is 13.0. The Bertz CT molecular complexity index is 441. The normalized spacial score (nSPS) is 13.4. The van der Waals surface area contributed by atoms with E-state index in [1.54, 1.807) is 20.9 Å². The van der Waals surface area contributed by atoms with Crippen molar-refractivity contribution in [1.29, 1.82) is 0 Å². The van der Waals surface area contributed by atoms with Crippen LogP contribution in [0, 0.1) is 17.6 Å². The van der Waals surface area contributed by atoms with E-state index in [-0.39, 0.29) is 36.8 Å². The van der Waals surface area contributed by atoms with Gasteiger partial charge in [-0.15, -0.1) is 12.4 Å². The highest BCUT2D eigenvalue weighted by molar-refractivity contribution is 5.85. The Morgan fingerprint density at radius 2 is 1.89 bits per heavy atom. The summed E-state index contributed by atoms with van der Waals surface area (Å²) in [6.45, 7) is 3.73. The van der Waals surface area contributed by atoms with E-state index < -0.39 is 11.6 Å². The van der Waals surface area contributed by atoms with Gasteiger partial charge in [-0.3, -0.25) is 4.79 Å². The van der Waals surface area contributed by atoms with Crippen molar-refractivity contribution in [2.75, 3.05) is 7.05 Å². The van der Waals surface area contributed by atoms with Crippen LogP contribution >= 0.6 is 12.4 Å². The lowest BCUT2D eigenvalue weighted by molar-refractivity contribution is -0.134. The second kappa shape index (κ2) is 7.40. The van der Waals surface area contributed by atoms with Crippen molar-refractivity contribution in [1.82, 2.24) is 4.90 Å². The minimum absolute atomic E-state index is 0. The summed E-state index contributed by atoms with van der Waals surface area (Å²) < 4.78 is 25.8. The Hall–Kier alpha value is -1.20. The molecule has 19 heavy (non-hydrogen) atoms. The topological polar surface area (TPSA) is 46.3 Å². The molecule has 1 aromatic rings. The first-order valence-electron chi connectivity index (χ1n) is 5.77. The van der Waals surface area contributed by atoms with Gasteiger partial charge in [0.15, 0.2) is 11.6 Å². The number of nitrogens with two attached hydrogens (primary N) is 1. The van der Waals surface area contributed by atoms with E-state index >= 15 is 0 Å². The zero-order valence-corrected chi connectivity index (χ0v) is 12.0. The fourth-order valence-electron chi connectivity index (χ4n) is 1.56.